The van der Waals surface area contributed by atoms with E-state index in [1.807, 2.05) is 44.2 Å². The number of hydrogen-bond acceptors (Lipinski definition) is 3. The van der Waals surface area contributed by atoms with Crippen molar-refractivity contribution in [3.8, 4) is 0 Å². The highest BCUT2D eigenvalue weighted by Crippen LogP contribution is 2.40. The number of rotatable bonds is 6. The van der Waals surface area contributed by atoms with E-state index in [-0.39, 0.29) is 11.2 Å². The number of hydrogen-bond donors (Lipinski definition) is 2. The zero-order chi connectivity index (χ0) is 15.5. The number of nitrogens with one attached hydrogen (secondary N) is 1. The molecule has 0 spiro atoms. The lowest BCUT2D eigenvalue weighted by Gasteiger charge is -2.45. The highest BCUT2D eigenvalue weighted by molar-refractivity contribution is 8.00. The normalized spacial score (nSPS) is 25.2. The first-order valence-electron chi connectivity index (χ1n) is 7.58. The second kappa shape index (κ2) is 6.41. The molecular formula is C17H25NO2S. The molecule has 2 rings (SSSR count). The second-order valence-corrected chi connectivity index (χ2v) is 7.74. The van der Waals surface area contributed by atoms with Gasteiger partial charge in [0.2, 0.25) is 5.91 Å². The zero-order valence-corrected chi connectivity index (χ0v) is 13.9. The van der Waals surface area contributed by atoms with Crippen LogP contribution in [0.25, 0.3) is 0 Å². The van der Waals surface area contributed by atoms with E-state index in [1.54, 1.807) is 11.8 Å². The largest absolute Gasteiger partial charge is 0.387 e. The summed E-state index contributed by atoms with van der Waals surface area (Å²) in [6, 6.07) is 9.76. The van der Waals surface area contributed by atoms with Crippen molar-refractivity contribution >= 4 is 17.7 Å². The van der Waals surface area contributed by atoms with Crippen LogP contribution in [0.15, 0.2) is 30.3 Å². The summed E-state index contributed by atoms with van der Waals surface area (Å²) in [6.07, 6.45) is 1.81. The van der Waals surface area contributed by atoms with E-state index >= 15 is 0 Å². The number of aliphatic hydroxyl groups is 1. The molecule has 1 amide bonds. The van der Waals surface area contributed by atoms with E-state index in [9.17, 15) is 9.90 Å². The average Bonchev–Trinajstić information content (AvgIpc) is 2.49. The van der Waals surface area contributed by atoms with Crippen LogP contribution >= 0.6 is 11.8 Å². The Morgan fingerprint density at radius 2 is 2.10 bits per heavy atom. The highest BCUT2D eigenvalue weighted by atomic mass is 32.2. The fraction of sp³-hybridized carbons (Fsp3) is 0.588. The van der Waals surface area contributed by atoms with Gasteiger partial charge in [0.25, 0.3) is 0 Å². The summed E-state index contributed by atoms with van der Waals surface area (Å²) in [4.78, 5) is 12.5. The van der Waals surface area contributed by atoms with E-state index in [4.69, 9.17) is 0 Å². The van der Waals surface area contributed by atoms with Crippen molar-refractivity contribution in [1.82, 2.24) is 5.32 Å². The summed E-state index contributed by atoms with van der Waals surface area (Å²) in [5, 5.41) is 13.8. The lowest BCUT2D eigenvalue weighted by molar-refractivity contribution is -0.127. The Morgan fingerprint density at radius 1 is 1.43 bits per heavy atom. The van der Waals surface area contributed by atoms with Gasteiger partial charge in [-0.15, -0.1) is 0 Å². The van der Waals surface area contributed by atoms with Gasteiger partial charge in [0.1, 0.15) is 0 Å². The highest BCUT2D eigenvalue weighted by Gasteiger charge is 2.45. The smallest absolute Gasteiger partial charge is 0.230 e. The topological polar surface area (TPSA) is 49.3 Å². The molecule has 3 nitrogen and oxygen atoms in total. The quantitative estimate of drug-likeness (QED) is 0.849. The van der Waals surface area contributed by atoms with Gasteiger partial charge in [-0.3, -0.25) is 4.79 Å². The molecule has 2 atom stereocenters. The van der Waals surface area contributed by atoms with E-state index < -0.39 is 11.0 Å². The monoisotopic (exact) mass is 307 g/mol. The molecule has 0 heterocycles. The fourth-order valence-electron chi connectivity index (χ4n) is 2.68. The minimum atomic E-state index is -0.733. The first-order valence-corrected chi connectivity index (χ1v) is 8.63. The minimum Gasteiger partial charge on any atom is -0.387 e. The molecule has 116 valence electrons. The van der Waals surface area contributed by atoms with Gasteiger partial charge in [-0.25, -0.2) is 0 Å². The Kier molecular flexibility index (Phi) is 4.99. The van der Waals surface area contributed by atoms with E-state index in [2.05, 4.69) is 12.2 Å². The first-order chi connectivity index (χ1) is 9.90. The van der Waals surface area contributed by atoms with Crippen molar-refractivity contribution < 1.29 is 9.90 Å². The molecule has 1 saturated carbocycles. The Morgan fingerprint density at radius 3 is 2.62 bits per heavy atom. The summed E-state index contributed by atoms with van der Waals surface area (Å²) in [5.74, 6) is 0.963. The summed E-state index contributed by atoms with van der Waals surface area (Å²) in [5.41, 5.74) is -0.333. The molecule has 1 aromatic carbocycles. The number of thioether (sulfide) groups is 1. The van der Waals surface area contributed by atoms with Crippen LogP contribution in [0.1, 0.15) is 39.2 Å². The second-order valence-electron chi connectivity index (χ2n) is 6.26. The molecule has 0 aliphatic heterocycles. The molecule has 0 bridgehead atoms. The van der Waals surface area contributed by atoms with Crippen LogP contribution in [0.4, 0.5) is 0 Å². The molecule has 0 unspecified atom stereocenters. The van der Waals surface area contributed by atoms with Gasteiger partial charge < -0.3 is 10.4 Å². The van der Waals surface area contributed by atoms with Crippen molar-refractivity contribution in [2.24, 2.45) is 0 Å². The predicted octanol–water partition coefficient (Wildman–Crippen LogP) is 2.73. The van der Waals surface area contributed by atoms with Crippen molar-refractivity contribution in [2.75, 3.05) is 12.3 Å². The minimum absolute atomic E-state index is 0.0331. The maximum atomic E-state index is 12.5. The molecule has 0 aromatic heterocycles. The lowest BCUT2D eigenvalue weighted by Crippen LogP contribution is -2.58. The molecular weight excluding hydrogens is 282 g/mol. The number of benzene rings is 1. The van der Waals surface area contributed by atoms with Crippen molar-refractivity contribution in [3.63, 3.8) is 0 Å². The van der Waals surface area contributed by atoms with Crippen molar-refractivity contribution in [3.05, 3.63) is 35.9 Å². The molecule has 21 heavy (non-hydrogen) atoms. The summed E-state index contributed by atoms with van der Waals surface area (Å²) < 4.78 is 0. The van der Waals surface area contributed by atoms with Gasteiger partial charge in [0, 0.05) is 11.8 Å². The third kappa shape index (κ3) is 3.43. The SMILES string of the molecule is CCS[C@@H]1CC[C@]1(O)CNC(=O)C(C)(C)c1ccccc1. The Labute approximate surface area is 131 Å². The van der Waals surface area contributed by atoms with Gasteiger partial charge in [-0.1, -0.05) is 37.3 Å². The van der Waals surface area contributed by atoms with E-state index in [1.165, 1.54) is 0 Å². The predicted molar refractivity (Wildman–Crippen MR) is 88.6 cm³/mol. The van der Waals surface area contributed by atoms with Crippen LogP contribution in [0.2, 0.25) is 0 Å². The van der Waals surface area contributed by atoms with Crippen LogP contribution in [0, 0.1) is 0 Å². The maximum Gasteiger partial charge on any atom is 0.230 e. The van der Waals surface area contributed by atoms with E-state index in [0.717, 1.165) is 24.2 Å². The zero-order valence-electron chi connectivity index (χ0n) is 13.1. The van der Waals surface area contributed by atoms with Crippen LogP contribution < -0.4 is 5.32 Å². The lowest BCUT2D eigenvalue weighted by atomic mass is 9.78. The molecule has 0 saturated heterocycles. The van der Waals surface area contributed by atoms with Gasteiger partial charge in [0.05, 0.1) is 11.0 Å². The van der Waals surface area contributed by atoms with Crippen LogP contribution in [0.3, 0.4) is 0 Å². The van der Waals surface area contributed by atoms with Gasteiger partial charge in [-0.2, -0.15) is 11.8 Å². The maximum absolute atomic E-state index is 12.5. The number of amides is 1. The fourth-order valence-corrected chi connectivity index (χ4v) is 3.88. The van der Waals surface area contributed by atoms with Crippen molar-refractivity contribution in [1.29, 1.82) is 0 Å². The third-order valence-electron chi connectivity index (χ3n) is 4.42. The molecule has 4 heteroatoms. The Balaban J connectivity index is 1.96. The first kappa shape index (κ1) is 16.4. The molecule has 1 aliphatic carbocycles. The Hall–Kier alpha value is -1.00. The molecule has 1 aromatic rings. The summed E-state index contributed by atoms with van der Waals surface area (Å²) in [6.45, 7) is 6.28. The third-order valence-corrected chi connectivity index (χ3v) is 5.83. The van der Waals surface area contributed by atoms with Crippen LogP contribution in [-0.4, -0.2) is 34.2 Å². The number of carbonyl (C=O) groups excluding carboxylic acids is 1. The number of carbonyl (C=O) groups is 1. The van der Waals surface area contributed by atoms with Crippen LogP contribution in [-0.2, 0) is 10.2 Å². The van der Waals surface area contributed by atoms with Gasteiger partial charge >= 0.3 is 0 Å². The van der Waals surface area contributed by atoms with Crippen molar-refractivity contribution in [2.45, 2.75) is 49.9 Å². The molecule has 1 aliphatic rings. The van der Waals surface area contributed by atoms with E-state index in [0.29, 0.717) is 6.54 Å². The summed E-state index contributed by atoms with van der Waals surface area (Å²) >= 11 is 1.78. The molecule has 0 radical (unpaired) electrons. The average molecular weight is 307 g/mol. The van der Waals surface area contributed by atoms with Gasteiger partial charge in [-0.05, 0) is 38.0 Å². The summed E-state index contributed by atoms with van der Waals surface area (Å²) in [7, 11) is 0. The van der Waals surface area contributed by atoms with Crippen LogP contribution in [0.5, 0.6) is 0 Å². The van der Waals surface area contributed by atoms with Gasteiger partial charge in [0.15, 0.2) is 0 Å². The Bertz CT molecular complexity index is 489. The molecule has 1 fully saturated rings. The molecule has 2 N–H and O–H groups in total. The standard InChI is InChI=1S/C17H25NO2S/c1-4-21-14-10-11-17(14,20)12-18-15(19)16(2,3)13-8-6-5-7-9-13/h5-9,14,20H,4,10-12H2,1-3H3,(H,18,19)/t14-,17+/m1/s1.